The number of hydrogen-bond acceptors (Lipinski definition) is 4. The van der Waals surface area contributed by atoms with Crippen LogP contribution in [0.1, 0.15) is 33.1 Å². The summed E-state index contributed by atoms with van der Waals surface area (Å²) < 4.78 is 5.31. The van der Waals surface area contributed by atoms with Crippen LogP contribution >= 0.6 is 0 Å². The number of hydrogen-bond donors (Lipinski definition) is 2. The van der Waals surface area contributed by atoms with Crippen molar-refractivity contribution in [2.75, 3.05) is 6.54 Å². The molecular weight excluding hydrogens is 266 g/mol. The second-order valence-corrected chi connectivity index (χ2v) is 4.64. The number of oxazole rings is 1. The molecule has 0 unspecified atom stereocenters. The van der Waals surface area contributed by atoms with E-state index in [0.717, 1.165) is 11.1 Å². The average Bonchev–Trinajstić information content (AvgIpc) is 2.87. The highest BCUT2D eigenvalue weighted by atomic mass is 16.4. The van der Waals surface area contributed by atoms with Crippen molar-refractivity contribution in [3.05, 3.63) is 52.7 Å². The third kappa shape index (κ3) is 4.20. The van der Waals surface area contributed by atoms with Gasteiger partial charge < -0.3 is 15.5 Å². The lowest BCUT2D eigenvalue weighted by Crippen LogP contribution is -2.23. The maximum atomic E-state index is 12.1. The zero-order valence-corrected chi connectivity index (χ0v) is 12.1. The van der Waals surface area contributed by atoms with Gasteiger partial charge in [0.25, 0.3) is 5.91 Å². The van der Waals surface area contributed by atoms with Crippen molar-refractivity contribution in [2.45, 2.75) is 20.4 Å². The lowest BCUT2D eigenvalue weighted by atomic mass is 10.1. The van der Waals surface area contributed by atoms with Gasteiger partial charge in [-0.1, -0.05) is 11.8 Å². The zero-order chi connectivity index (χ0) is 15.2. The van der Waals surface area contributed by atoms with Crippen molar-refractivity contribution in [2.24, 2.45) is 5.73 Å². The van der Waals surface area contributed by atoms with Crippen molar-refractivity contribution in [1.29, 1.82) is 0 Å². The molecule has 2 rings (SSSR count). The number of benzene rings is 1. The molecule has 2 aromatic rings. The van der Waals surface area contributed by atoms with Crippen LogP contribution in [0.15, 0.2) is 28.8 Å². The van der Waals surface area contributed by atoms with E-state index in [1.807, 2.05) is 19.1 Å². The van der Waals surface area contributed by atoms with Gasteiger partial charge in [0, 0.05) is 11.1 Å². The molecule has 0 aliphatic rings. The van der Waals surface area contributed by atoms with E-state index in [1.165, 1.54) is 0 Å². The van der Waals surface area contributed by atoms with Gasteiger partial charge in [0.1, 0.15) is 5.76 Å². The fourth-order valence-corrected chi connectivity index (χ4v) is 1.88. The Kier molecular flexibility index (Phi) is 4.75. The Morgan fingerprint density at radius 1 is 1.38 bits per heavy atom. The standard InChI is InChI=1S/C16H17N3O2/c1-11-6-13(4-3-5-17)8-14(7-11)16(20)19-10-15-18-9-12(2)21-15/h6-9H,5,10,17H2,1-2H3,(H,19,20). The second-order valence-electron chi connectivity index (χ2n) is 4.64. The molecule has 0 bridgehead atoms. The topological polar surface area (TPSA) is 81.2 Å². The zero-order valence-electron chi connectivity index (χ0n) is 12.1. The van der Waals surface area contributed by atoms with E-state index in [-0.39, 0.29) is 12.5 Å². The van der Waals surface area contributed by atoms with Gasteiger partial charge in [-0.3, -0.25) is 4.79 Å². The van der Waals surface area contributed by atoms with Crippen molar-refractivity contribution in [1.82, 2.24) is 10.3 Å². The fourth-order valence-electron chi connectivity index (χ4n) is 1.88. The molecule has 1 aromatic carbocycles. The summed E-state index contributed by atoms with van der Waals surface area (Å²) >= 11 is 0. The van der Waals surface area contributed by atoms with E-state index in [4.69, 9.17) is 10.2 Å². The Hall–Kier alpha value is -2.58. The predicted molar refractivity (Wildman–Crippen MR) is 79.5 cm³/mol. The number of carbonyl (C=O) groups excluding carboxylic acids is 1. The summed E-state index contributed by atoms with van der Waals surface area (Å²) in [5.41, 5.74) is 7.66. The van der Waals surface area contributed by atoms with Crippen molar-refractivity contribution >= 4 is 5.91 Å². The number of amides is 1. The minimum atomic E-state index is -0.189. The molecule has 21 heavy (non-hydrogen) atoms. The summed E-state index contributed by atoms with van der Waals surface area (Å²) in [6, 6.07) is 5.46. The first-order valence-corrected chi connectivity index (χ1v) is 6.58. The molecule has 0 radical (unpaired) electrons. The highest BCUT2D eigenvalue weighted by Crippen LogP contribution is 2.09. The summed E-state index contributed by atoms with van der Waals surface area (Å²) in [6.45, 7) is 4.27. The molecule has 1 heterocycles. The Balaban J connectivity index is 2.09. The number of carbonyl (C=O) groups is 1. The minimum absolute atomic E-state index is 0.189. The average molecular weight is 283 g/mol. The Morgan fingerprint density at radius 3 is 2.86 bits per heavy atom. The molecular formula is C16H17N3O2. The highest BCUT2D eigenvalue weighted by molar-refractivity contribution is 5.94. The van der Waals surface area contributed by atoms with Crippen LogP contribution in [-0.2, 0) is 6.54 Å². The van der Waals surface area contributed by atoms with Crippen LogP contribution in [-0.4, -0.2) is 17.4 Å². The van der Waals surface area contributed by atoms with Crippen molar-refractivity contribution in [3.63, 3.8) is 0 Å². The molecule has 0 aliphatic heterocycles. The van der Waals surface area contributed by atoms with E-state index in [9.17, 15) is 4.79 Å². The van der Waals surface area contributed by atoms with Gasteiger partial charge in [-0.2, -0.15) is 0 Å². The van der Waals surface area contributed by atoms with Crippen LogP contribution in [0.25, 0.3) is 0 Å². The second kappa shape index (κ2) is 6.73. The maximum Gasteiger partial charge on any atom is 0.251 e. The Morgan fingerprint density at radius 2 is 2.19 bits per heavy atom. The number of nitrogens with zero attached hydrogens (tertiary/aromatic N) is 1. The third-order valence-electron chi connectivity index (χ3n) is 2.74. The number of nitrogens with two attached hydrogens (primary N) is 1. The normalized spacial score (nSPS) is 9.86. The fraction of sp³-hybridized carbons (Fsp3) is 0.250. The van der Waals surface area contributed by atoms with E-state index in [2.05, 4.69) is 22.1 Å². The molecule has 0 spiro atoms. The van der Waals surface area contributed by atoms with Gasteiger partial charge >= 0.3 is 0 Å². The third-order valence-corrected chi connectivity index (χ3v) is 2.74. The molecule has 1 aromatic heterocycles. The van der Waals surface area contributed by atoms with Gasteiger partial charge in [-0.15, -0.1) is 0 Å². The lowest BCUT2D eigenvalue weighted by molar-refractivity contribution is 0.0947. The molecule has 0 saturated heterocycles. The lowest BCUT2D eigenvalue weighted by Gasteiger charge is -2.05. The summed E-state index contributed by atoms with van der Waals surface area (Å²) in [5, 5.41) is 2.77. The van der Waals surface area contributed by atoms with Crippen LogP contribution in [0.5, 0.6) is 0 Å². The largest absolute Gasteiger partial charge is 0.444 e. The van der Waals surface area contributed by atoms with Crippen LogP contribution in [0.3, 0.4) is 0 Å². The quantitative estimate of drug-likeness (QED) is 0.837. The monoisotopic (exact) mass is 283 g/mol. The van der Waals surface area contributed by atoms with Gasteiger partial charge in [0.05, 0.1) is 19.3 Å². The number of rotatable bonds is 3. The molecule has 5 nitrogen and oxygen atoms in total. The molecule has 1 amide bonds. The first-order chi connectivity index (χ1) is 10.1. The van der Waals surface area contributed by atoms with Gasteiger partial charge in [0.2, 0.25) is 5.89 Å². The van der Waals surface area contributed by atoms with Crippen LogP contribution in [0.4, 0.5) is 0 Å². The molecule has 3 N–H and O–H groups in total. The predicted octanol–water partition coefficient (Wildman–Crippen LogP) is 1.53. The van der Waals surface area contributed by atoms with Gasteiger partial charge in [0.15, 0.2) is 0 Å². The number of aryl methyl sites for hydroxylation is 2. The first-order valence-electron chi connectivity index (χ1n) is 6.58. The smallest absolute Gasteiger partial charge is 0.251 e. The van der Waals surface area contributed by atoms with Crippen molar-refractivity contribution < 1.29 is 9.21 Å². The molecule has 0 fully saturated rings. The molecule has 0 saturated carbocycles. The Labute approximate surface area is 123 Å². The summed E-state index contributed by atoms with van der Waals surface area (Å²) in [6.07, 6.45) is 1.62. The molecule has 0 atom stereocenters. The molecule has 5 heteroatoms. The highest BCUT2D eigenvalue weighted by Gasteiger charge is 2.08. The number of aromatic nitrogens is 1. The Bertz CT molecular complexity index is 708. The minimum Gasteiger partial charge on any atom is -0.444 e. The van der Waals surface area contributed by atoms with E-state index in [1.54, 1.807) is 19.2 Å². The molecule has 108 valence electrons. The molecule has 0 aliphatic carbocycles. The maximum absolute atomic E-state index is 12.1. The number of nitrogens with one attached hydrogen (secondary N) is 1. The van der Waals surface area contributed by atoms with E-state index >= 15 is 0 Å². The van der Waals surface area contributed by atoms with Gasteiger partial charge in [-0.25, -0.2) is 4.98 Å². The summed E-state index contributed by atoms with van der Waals surface area (Å²) in [4.78, 5) is 16.2. The van der Waals surface area contributed by atoms with Crippen LogP contribution in [0.2, 0.25) is 0 Å². The van der Waals surface area contributed by atoms with Crippen molar-refractivity contribution in [3.8, 4) is 11.8 Å². The first kappa shape index (κ1) is 14.8. The summed E-state index contributed by atoms with van der Waals surface area (Å²) in [7, 11) is 0. The SMILES string of the molecule is Cc1cc(C#CCN)cc(C(=O)NCc2ncc(C)o2)c1. The summed E-state index contributed by atoms with van der Waals surface area (Å²) in [5.74, 6) is 6.72. The van der Waals surface area contributed by atoms with Gasteiger partial charge in [-0.05, 0) is 37.6 Å². The van der Waals surface area contributed by atoms with E-state index < -0.39 is 0 Å². The van der Waals surface area contributed by atoms with Crippen LogP contribution in [0, 0.1) is 25.7 Å². The van der Waals surface area contributed by atoms with Crippen LogP contribution < -0.4 is 11.1 Å². The van der Waals surface area contributed by atoms with E-state index in [0.29, 0.717) is 23.8 Å².